The number of nitrogens with one attached hydrogen (secondary N) is 1. The number of carbonyl (C=O) groups excluding carboxylic acids is 2. The summed E-state index contributed by atoms with van der Waals surface area (Å²) in [4.78, 5) is 25.8. The summed E-state index contributed by atoms with van der Waals surface area (Å²) in [6, 6.07) is 17.4. The number of rotatable bonds is 14. The maximum atomic E-state index is 13.3. The Bertz CT molecular complexity index is 1290. The van der Waals surface area contributed by atoms with Crippen LogP contribution < -0.4 is 5.32 Å². The highest BCUT2D eigenvalue weighted by molar-refractivity contribution is 5.95. The Morgan fingerprint density at radius 1 is 1.00 bits per heavy atom. The van der Waals surface area contributed by atoms with Crippen LogP contribution in [0.1, 0.15) is 42.1 Å². The van der Waals surface area contributed by atoms with Crippen LogP contribution in [0.4, 0.5) is 0 Å². The summed E-state index contributed by atoms with van der Waals surface area (Å²) in [5.41, 5.74) is 2.71. The molecule has 1 aromatic heterocycles. The van der Waals surface area contributed by atoms with Crippen LogP contribution in [0.15, 0.2) is 72.6 Å². The fourth-order valence-corrected chi connectivity index (χ4v) is 5.00. The van der Waals surface area contributed by atoms with Crippen molar-refractivity contribution in [2.45, 2.75) is 39.0 Å². The average molecular weight is 551 g/mol. The third kappa shape index (κ3) is 7.37. The van der Waals surface area contributed by atoms with Crippen molar-refractivity contribution in [3.8, 4) is 0 Å². The van der Waals surface area contributed by atoms with Crippen LogP contribution in [-0.2, 0) is 30.3 Å². The number of para-hydroxylation sites is 1. The van der Waals surface area contributed by atoms with Crippen LogP contribution >= 0.6 is 0 Å². The number of ether oxygens (including phenoxy) is 4. The third-order valence-electron chi connectivity index (χ3n) is 6.88. The molecule has 0 fully saturated rings. The fourth-order valence-electron chi connectivity index (χ4n) is 5.00. The summed E-state index contributed by atoms with van der Waals surface area (Å²) in [6.45, 7) is 5.63. The van der Waals surface area contributed by atoms with Crippen LogP contribution in [0.2, 0.25) is 0 Å². The van der Waals surface area contributed by atoms with E-state index in [1.165, 1.54) is 6.92 Å². The number of carbonyl (C=O) groups is 2. The average Bonchev–Trinajstić information content (AvgIpc) is 3.36. The Morgan fingerprint density at radius 3 is 2.45 bits per heavy atom. The number of aliphatic hydroxyl groups excluding tert-OH is 1. The van der Waals surface area contributed by atoms with Gasteiger partial charge in [0.25, 0.3) is 5.91 Å². The van der Waals surface area contributed by atoms with E-state index >= 15 is 0 Å². The van der Waals surface area contributed by atoms with Crippen LogP contribution in [0.5, 0.6) is 0 Å². The lowest BCUT2D eigenvalue weighted by Gasteiger charge is -2.36. The predicted molar refractivity (Wildman–Crippen MR) is 151 cm³/mol. The molecule has 214 valence electrons. The number of hydrogen-bond donors (Lipinski definition) is 2. The molecule has 3 aromatic rings. The molecular weight excluding hydrogens is 512 g/mol. The molecule has 0 saturated carbocycles. The summed E-state index contributed by atoms with van der Waals surface area (Å²) >= 11 is 0. The van der Waals surface area contributed by atoms with E-state index in [4.69, 9.17) is 24.1 Å². The van der Waals surface area contributed by atoms with Gasteiger partial charge < -0.3 is 29.4 Å². The number of fused-ring (bicyclic) bond motifs is 1. The van der Waals surface area contributed by atoms with E-state index in [2.05, 4.69) is 5.32 Å². The van der Waals surface area contributed by atoms with Crippen molar-refractivity contribution in [2.75, 3.05) is 39.6 Å². The van der Waals surface area contributed by atoms with Gasteiger partial charge in [-0.2, -0.15) is 0 Å². The largest absolute Gasteiger partial charge is 0.459 e. The van der Waals surface area contributed by atoms with E-state index in [0.717, 1.165) is 22.0 Å². The Kier molecular flexibility index (Phi) is 10.9. The SMILES string of the molecule is CCO[C@@H]1OC(C(=O)NCc2ccccc2)=C[C@H](c2cn(C(C)=O)c3ccccc23)[C@H]1CCOCCOCCO. The van der Waals surface area contributed by atoms with E-state index < -0.39 is 6.29 Å². The van der Waals surface area contributed by atoms with E-state index in [0.29, 0.717) is 39.4 Å². The second-order valence-electron chi connectivity index (χ2n) is 9.56. The van der Waals surface area contributed by atoms with E-state index in [1.54, 1.807) is 4.57 Å². The minimum atomic E-state index is -0.689. The van der Waals surface area contributed by atoms with Crippen LogP contribution in [0.3, 0.4) is 0 Å². The van der Waals surface area contributed by atoms with Gasteiger partial charge in [-0.25, -0.2) is 0 Å². The number of benzene rings is 2. The quantitative estimate of drug-likeness (QED) is 0.292. The van der Waals surface area contributed by atoms with Gasteiger partial charge in [0, 0.05) is 50.1 Å². The molecule has 0 unspecified atom stereocenters. The Hall–Kier alpha value is -3.50. The highest BCUT2D eigenvalue weighted by Crippen LogP contribution is 2.42. The summed E-state index contributed by atoms with van der Waals surface area (Å²) in [5, 5.41) is 12.8. The first-order chi connectivity index (χ1) is 19.5. The normalized spacial score (nSPS) is 18.8. The molecule has 0 spiro atoms. The molecule has 2 N–H and O–H groups in total. The van der Waals surface area contributed by atoms with Gasteiger partial charge in [-0.1, -0.05) is 48.5 Å². The summed E-state index contributed by atoms with van der Waals surface area (Å²) < 4.78 is 24.9. The van der Waals surface area contributed by atoms with Crippen molar-refractivity contribution >= 4 is 22.7 Å². The first kappa shape index (κ1) is 29.5. The standard InChI is InChI=1S/C31H38N2O7/c1-3-39-31-25(13-15-37-17-18-38-16-14-34)26(27-21-33(22(2)35)28-12-8-7-11-24(27)28)19-29(40-31)30(36)32-20-23-9-5-4-6-10-23/h4-12,19,21,25-26,31,34H,3,13-18,20H2,1-2H3,(H,32,36)/t25-,26+,31-/m1/s1. The molecule has 2 aromatic carbocycles. The van der Waals surface area contributed by atoms with Crippen molar-refractivity contribution in [1.29, 1.82) is 0 Å². The number of aromatic nitrogens is 1. The van der Waals surface area contributed by atoms with Crippen molar-refractivity contribution < 1.29 is 33.6 Å². The fraction of sp³-hybridized carbons (Fsp3) is 0.419. The number of aliphatic hydroxyl groups is 1. The van der Waals surface area contributed by atoms with Crippen LogP contribution in [0, 0.1) is 5.92 Å². The topological polar surface area (TPSA) is 108 Å². The van der Waals surface area contributed by atoms with Gasteiger partial charge in [-0.3, -0.25) is 14.2 Å². The second-order valence-corrected chi connectivity index (χ2v) is 9.56. The number of nitrogens with zero attached hydrogens (tertiary/aromatic N) is 1. The molecule has 9 nitrogen and oxygen atoms in total. The second kappa shape index (κ2) is 14.8. The van der Waals surface area contributed by atoms with Crippen LogP contribution in [0.25, 0.3) is 10.9 Å². The smallest absolute Gasteiger partial charge is 0.286 e. The van der Waals surface area contributed by atoms with Gasteiger partial charge in [0.05, 0.1) is 31.9 Å². The predicted octanol–water partition coefficient (Wildman–Crippen LogP) is 4.01. The van der Waals surface area contributed by atoms with E-state index in [-0.39, 0.29) is 42.6 Å². The summed E-state index contributed by atoms with van der Waals surface area (Å²) in [6.07, 6.45) is 3.60. The Balaban J connectivity index is 1.63. The monoisotopic (exact) mass is 550 g/mol. The van der Waals surface area contributed by atoms with Gasteiger partial charge in [0.15, 0.2) is 5.76 Å². The molecule has 4 rings (SSSR count). The van der Waals surface area contributed by atoms with E-state index in [1.807, 2.05) is 73.8 Å². The minimum Gasteiger partial charge on any atom is -0.459 e. The minimum absolute atomic E-state index is 0.0292. The first-order valence-corrected chi connectivity index (χ1v) is 13.7. The molecule has 9 heteroatoms. The maximum absolute atomic E-state index is 13.3. The number of amides is 1. The molecule has 2 heterocycles. The zero-order chi connectivity index (χ0) is 28.3. The number of allylic oxidation sites excluding steroid dienone is 1. The zero-order valence-corrected chi connectivity index (χ0v) is 23.1. The van der Waals surface area contributed by atoms with Crippen molar-refractivity contribution in [3.63, 3.8) is 0 Å². The molecule has 1 aliphatic heterocycles. The van der Waals surface area contributed by atoms with Gasteiger partial charge >= 0.3 is 0 Å². The lowest BCUT2D eigenvalue weighted by Crippen LogP contribution is -2.39. The van der Waals surface area contributed by atoms with Crippen molar-refractivity contribution in [2.24, 2.45) is 5.92 Å². The lowest BCUT2D eigenvalue weighted by molar-refractivity contribution is -0.168. The van der Waals surface area contributed by atoms with Crippen molar-refractivity contribution in [1.82, 2.24) is 9.88 Å². The molecule has 40 heavy (non-hydrogen) atoms. The van der Waals surface area contributed by atoms with Gasteiger partial charge in [-0.15, -0.1) is 0 Å². The maximum Gasteiger partial charge on any atom is 0.286 e. The van der Waals surface area contributed by atoms with Gasteiger partial charge in [0.1, 0.15) is 0 Å². The Labute approximate surface area is 234 Å². The molecule has 1 aliphatic rings. The summed E-state index contributed by atoms with van der Waals surface area (Å²) in [5.74, 6) is -0.695. The molecular formula is C31H38N2O7. The van der Waals surface area contributed by atoms with Crippen LogP contribution in [-0.4, -0.2) is 67.4 Å². The number of hydrogen-bond acceptors (Lipinski definition) is 7. The molecule has 0 aliphatic carbocycles. The third-order valence-corrected chi connectivity index (χ3v) is 6.88. The highest BCUT2D eigenvalue weighted by atomic mass is 16.7. The molecule has 3 atom stereocenters. The highest BCUT2D eigenvalue weighted by Gasteiger charge is 2.39. The first-order valence-electron chi connectivity index (χ1n) is 13.7. The van der Waals surface area contributed by atoms with Gasteiger partial charge in [-0.05, 0) is 36.6 Å². The lowest BCUT2D eigenvalue weighted by atomic mass is 9.81. The molecule has 1 amide bonds. The molecule has 0 radical (unpaired) electrons. The van der Waals surface area contributed by atoms with E-state index in [9.17, 15) is 9.59 Å². The van der Waals surface area contributed by atoms with Gasteiger partial charge in [0.2, 0.25) is 12.2 Å². The Morgan fingerprint density at radius 2 is 1.73 bits per heavy atom. The molecule has 0 saturated heterocycles. The van der Waals surface area contributed by atoms with Crippen molar-refractivity contribution in [3.05, 3.63) is 83.8 Å². The zero-order valence-electron chi connectivity index (χ0n) is 23.1. The molecule has 0 bridgehead atoms. The summed E-state index contributed by atoms with van der Waals surface area (Å²) in [7, 11) is 0.